The molecule has 0 bridgehead atoms. The minimum atomic E-state index is -0.732. The highest BCUT2D eigenvalue weighted by Crippen LogP contribution is 2.29. The molecule has 33 heavy (non-hydrogen) atoms. The van der Waals surface area contributed by atoms with Gasteiger partial charge in [0.25, 0.3) is 0 Å². The van der Waals surface area contributed by atoms with Crippen LogP contribution in [0.25, 0.3) is 0 Å². The Balaban J connectivity index is 1.51. The lowest BCUT2D eigenvalue weighted by atomic mass is 10.1. The number of amides is 1. The third kappa shape index (κ3) is 4.89. The van der Waals surface area contributed by atoms with Gasteiger partial charge in [-0.05, 0) is 37.5 Å². The van der Waals surface area contributed by atoms with Crippen LogP contribution in [0.5, 0.6) is 0 Å². The normalized spacial score (nSPS) is 19.9. The molecule has 2 aromatic carbocycles. The number of hydrazone groups is 1. The van der Waals surface area contributed by atoms with E-state index in [4.69, 9.17) is 9.47 Å². The number of rotatable bonds is 6. The van der Waals surface area contributed by atoms with Crippen molar-refractivity contribution in [3.8, 4) is 0 Å². The highest BCUT2D eigenvalue weighted by Gasteiger charge is 2.43. The summed E-state index contributed by atoms with van der Waals surface area (Å²) in [6.07, 6.45) is 1.36. The van der Waals surface area contributed by atoms with E-state index in [1.54, 1.807) is 9.91 Å². The number of likely N-dealkylation sites (tertiary alicyclic amines) is 1. The quantitative estimate of drug-likeness (QED) is 0.630. The van der Waals surface area contributed by atoms with Gasteiger partial charge in [-0.1, -0.05) is 48.0 Å². The second-order valence-corrected chi connectivity index (χ2v) is 8.22. The Hall–Kier alpha value is -3.68. The molecule has 0 unspecified atom stereocenters. The van der Waals surface area contributed by atoms with Crippen molar-refractivity contribution in [2.45, 2.75) is 44.9 Å². The molecule has 8 nitrogen and oxygen atoms in total. The van der Waals surface area contributed by atoms with Gasteiger partial charge in [-0.3, -0.25) is 9.80 Å². The molecule has 2 heterocycles. The van der Waals surface area contributed by atoms with Crippen LogP contribution in [-0.2, 0) is 30.5 Å². The molecule has 0 saturated carbocycles. The zero-order valence-corrected chi connectivity index (χ0v) is 18.8. The Labute approximate surface area is 192 Å². The topological polar surface area (TPSA) is 88.5 Å². The molecule has 0 N–H and O–H groups in total. The SMILES string of the molecule is COC(=O)C1=NN(c2ccc(C)cc2)[C@@H](C(=O)N2CCC[C@H]2C(=O)OCc2ccccc2)C1. The zero-order valence-electron chi connectivity index (χ0n) is 18.8. The number of nitrogens with zero attached hydrogens (tertiary/aromatic N) is 3. The lowest BCUT2D eigenvalue weighted by Gasteiger charge is -2.30. The highest BCUT2D eigenvalue weighted by atomic mass is 16.5. The molecule has 0 aromatic heterocycles. The van der Waals surface area contributed by atoms with Crippen molar-refractivity contribution in [2.24, 2.45) is 5.10 Å². The van der Waals surface area contributed by atoms with Crippen molar-refractivity contribution in [3.05, 3.63) is 65.7 Å². The van der Waals surface area contributed by atoms with Gasteiger partial charge in [0.1, 0.15) is 24.4 Å². The molecule has 8 heteroatoms. The number of methoxy groups -OCH3 is 1. The summed E-state index contributed by atoms with van der Waals surface area (Å²) in [7, 11) is 1.29. The first-order valence-electron chi connectivity index (χ1n) is 11.0. The van der Waals surface area contributed by atoms with Crippen molar-refractivity contribution in [1.29, 1.82) is 0 Å². The summed E-state index contributed by atoms with van der Waals surface area (Å²) < 4.78 is 10.3. The molecule has 0 spiro atoms. The largest absolute Gasteiger partial charge is 0.464 e. The third-order valence-electron chi connectivity index (χ3n) is 5.95. The Morgan fingerprint density at radius 3 is 2.45 bits per heavy atom. The van der Waals surface area contributed by atoms with E-state index in [2.05, 4.69) is 5.10 Å². The zero-order chi connectivity index (χ0) is 23.4. The van der Waals surface area contributed by atoms with E-state index in [1.165, 1.54) is 7.11 Å². The predicted octanol–water partition coefficient (Wildman–Crippen LogP) is 2.84. The maximum Gasteiger partial charge on any atom is 0.354 e. The molecule has 172 valence electrons. The lowest BCUT2D eigenvalue weighted by molar-refractivity contribution is -0.154. The Morgan fingerprint density at radius 1 is 1.03 bits per heavy atom. The summed E-state index contributed by atoms with van der Waals surface area (Å²) >= 11 is 0. The summed E-state index contributed by atoms with van der Waals surface area (Å²) in [4.78, 5) is 40.1. The molecule has 1 fully saturated rings. The number of hydrogen-bond donors (Lipinski definition) is 0. The maximum atomic E-state index is 13.6. The molecule has 2 atom stereocenters. The van der Waals surface area contributed by atoms with Gasteiger partial charge in [0.05, 0.1) is 12.8 Å². The number of aryl methyl sites for hydroxylation is 1. The van der Waals surface area contributed by atoms with Crippen molar-refractivity contribution in [2.75, 3.05) is 18.7 Å². The molecular formula is C25H27N3O5. The highest BCUT2D eigenvalue weighted by molar-refractivity contribution is 6.38. The van der Waals surface area contributed by atoms with Gasteiger partial charge < -0.3 is 14.4 Å². The first-order valence-corrected chi connectivity index (χ1v) is 11.0. The number of esters is 2. The minimum absolute atomic E-state index is 0.113. The fraction of sp³-hybridized carbons (Fsp3) is 0.360. The van der Waals surface area contributed by atoms with Gasteiger partial charge in [0, 0.05) is 13.0 Å². The first kappa shape index (κ1) is 22.5. The van der Waals surface area contributed by atoms with Crippen LogP contribution in [0, 0.1) is 6.92 Å². The van der Waals surface area contributed by atoms with Gasteiger partial charge in [-0.25, -0.2) is 9.59 Å². The number of carbonyl (C=O) groups is 3. The fourth-order valence-electron chi connectivity index (χ4n) is 4.17. The summed E-state index contributed by atoms with van der Waals surface area (Å²) in [5.41, 5.74) is 2.83. The van der Waals surface area contributed by atoms with E-state index < -0.39 is 24.0 Å². The molecule has 1 amide bonds. The van der Waals surface area contributed by atoms with Crippen LogP contribution in [-0.4, -0.2) is 54.2 Å². The molecule has 1 saturated heterocycles. The minimum Gasteiger partial charge on any atom is -0.464 e. The van der Waals surface area contributed by atoms with Crippen LogP contribution >= 0.6 is 0 Å². The van der Waals surface area contributed by atoms with Crippen LogP contribution in [0.4, 0.5) is 5.69 Å². The van der Waals surface area contributed by atoms with Gasteiger partial charge in [0.2, 0.25) is 5.91 Å². The van der Waals surface area contributed by atoms with E-state index in [1.807, 2.05) is 61.5 Å². The van der Waals surface area contributed by atoms with E-state index >= 15 is 0 Å². The lowest BCUT2D eigenvalue weighted by Crippen LogP contribution is -2.49. The Kier molecular flexibility index (Phi) is 6.72. The number of anilines is 1. The van der Waals surface area contributed by atoms with Crippen LogP contribution in [0.2, 0.25) is 0 Å². The van der Waals surface area contributed by atoms with Crippen molar-refractivity contribution in [3.63, 3.8) is 0 Å². The number of carbonyl (C=O) groups excluding carboxylic acids is 3. The number of hydrogen-bond acceptors (Lipinski definition) is 7. The summed E-state index contributed by atoms with van der Waals surface area (Å²) in [6, 6.07) is 15.6. The molecule has 2 aromatic rings. The van der Waals surface area contributed by atoms with Crippen LogP contribution < -0.4 is 5.01 Å². The van der Waals surface area contributed by atoms with E-state index in [-0.39, 0.29) is 24.6 Å². The fourth-order valence-corrected chi connectivity index (χ4v) is 4.17. The number of ether oxygens (including phenoxy) is 2. The molecule has 2 aliphatic rings. The second kappa shape index (κ2) is 9.85. The smallest absolute Gasteiger partial charge is 0.354 e. The van der Waals surface area contributed by atoms with Crippen molar-refractivity contribution >= 4 is 29.2 Å². The molecule has 2 aliphatic heterocycles. The summed E-state index contributed by atoms with van der Waals surface area (Å²) in [6.45, 7) is 2.58. The number of benzene rings is 2. The average Bonchev–Trinajstić information content (AvgIpc) is 3.51. The molecule has 4 rings (SSSR count). The Bertz CT molecular complexity index is 1050. The van der Waals surface area contributed by atoms with Crippen molar-refractivity contribution < 1.29 is 23.9 Å². The van der Waals surface area contributed by atoms with Gasteiger partial charge >= 0.3 is 11.9 Å². The molecule has 0 aliphatic carbocycles. The summed E-state index contributed by atoms with van der Waals surface area (Å²) in [5.74, 6) is -1.24. The Morgan fingerprint density at radius 2 is 1.76 bits per heavy atom. The third-order valence-corrected chi connectivity index (χ3v) is 5.95. The second-order valence-electron chi connectivity index (χ2n) is 8.22. The standard InChI is InChI=1S/C25H27N3O5/c1-17-10-12-19(13-11-17)28-22(15-20(26-28)24(30)32-2)23(29)27-14-6-9-21(27)25(31)33-16-18-7-4-3-5-8-18/h3-5,7-8,10-13,21-22H,6,9,14-16H2,1-2H3/t21-,22+/m0/s1. The molecular weight excluding hydrogens is 422 g/mol. The summed E-state index contributed by atoms with van der Waals surface area (Å²) in [5, 5.41) is 5.94. The van der Waals surface area contributed by atoms with E-state index in [9.17, 15) is 14.4 Å². The van der Waals surface area contributed by atoms with Crippen LogP contribution in [0.3, 0.4) is 0 Å². The monoisotopic (exact) mass is 449 g/mol. The van der Waals surface area contributed by atoms with Gasteiger partial charge in [-0.15, -0.1) is 0 Å². The van der Waals surface area contributed by atoms with Crippen LogP contribution in [0.1, 0.15) is 30.4 Å². The van der Waals surface area contributed by atoms with Crippen molar-refractivity contribution in [1.82, 2.24) is 4.90 Å². The van der Waals surface area contributed by atoms with Gasteiger partial charge in [-0.2, -0.15) is 5.10 Å². The molecule has 0 radical (unpaired) electrons. The predicted molar refractivity (Wildman–Crippen MR) is 122 cm³/mol. The van der Waals surface area contributed by atoms with Gasteiger partial charge in [0.15, 0.2) is 0 Å². The van der Waals surface area contributed by atoms with E-state index in [0.29, 0.717) is 25.1 Å². The van der Waals surface area contributed by atoms with E-state index in [0.717, 1.165) is 11.1 Å². The maximum absolute atomic E-state index is 13.6. The first-order chi connectivity index (χ1) is 16.0. The average molecular weight is 450 g/mol. The van der Waals surface area contributed by atoms with Crippen LogP contribution in [0.15, 0.2) is 59.7 Å².